The molecule has 0 spiro atoms. The molecule has 2 fully saturated rings. The summed E-state index contributed by atoms with van der Waals surface area (Å²) in [7, 11) is 0. The minimum atomic E-state index is 0.416. The van der Waals surface area contributed by atoms with Crippen molar-refractivity contribution in [3.05, 3.63) is 40.2 Å². The first-order valence-corrected chi connectivity index (χ1v) is 7.59. The van der Waals surface area contributed by atoms with Crippen molar-refractivity contribution in [1.82, 2.24) is 10.2 Å². The Balaban J connectivity index is 1.68. The monoisotopic (exact) mass is 299 g/mol. The van der Waals surface area contributed by atoms with Gasteiger partial charge < -0.3 is 4.74 Å². The molecular weight excluding hydrogens is 286 g/mol. The minimum Gasteiger partial charge on any atom is -0.453 e. The van der Waals surface area contributed by atoms with Gasteiger partial charge in [0.15, 0.2) is 5.75 Å². The average Bonchev–Trinajstić information content (AvgIpc) is 3.39. The van der Waals surface area contributed by atoms with Gasteiger partial charge in [0.2, 0.25) is 0 Å². The topological polar surface area (TPSA) is 61.7 Å². The van der Waals surface area contributed by atoms with Crippen LogP contribution in [0.2, 0.25) is 5.02 Å². The molecule has 0 unspecified atom stereocenters. The van der Waals surface area contributed by atoms with E-state index in [0.29, 0.717) is 28.2 Å². The molecule has 106 valence electrons. The number of H-pyrrole nitrogens is 1. The zero-order valence-electron chi connectivity index (χ0n) is 11.4. The molecule has 5 heteroatoms. The van der Waals surface area contributed by atoms with Gasteiger partial charge in [-0.25, -0.2) is 0 Å². The van der Waals surface area contributed by atoms with E-state index in [0.717, 1.165) is 17.1 Å². The maximum absolute atomic E-state index is 8.93. The molecule has 1 heterocycles. The Labute approximate surface area is 127 Å². The van der Waals surface area contributed by atoms with E-state index in [2.05, 4.69) is 16.3 Å². The molecule has 0 bridgehead atoms. The maximum Gasteiger partial charge on any atom is 0.171 e. The van der Waals surface area contributed by atoms with Crippen molar-refractivity contribution in [2.75, 3.05) is 0 Å². The summed E-state index contributed by atoms with van der Waals surface area (Å²) in [6.07, 6.45) is 4.74. The van der Waals surface area contributed by atoms with Gasteiger partial charge in [-0.2, -0.15) is 10.4 Å². The number of halogens is 1. The third-order valence-electron chi connectivity index (χ3n) is 4.00. The van der Waals surface area contributed by atoms with Crippen LogP contribution in [0, 0.1) is 11.3 Å². The lowest BCUT2D eigenvalue weighted by Crippen LogP contribution is -1.92. The number of hydrogen-bond donors (Lipinski definition) is 1. The fourth-order valence-electron chi connectivity index (χ4n) is 2.52. The second kappa shape index (κ2) is 4.78. The molecule has 0 amide bonds. The van der Waals surface area contributed by atoms with Crippen molar-refractivity contribution in [1.29, 1.82) is 5.26 Å². The second-order valence-corrected chi connectivity index (χ2v) is 6.16. The van der Waals surface area contributed by atoms with Crippen molar-refractivity contribution in [3.8, 4) is 17.6 Å². The van der Waals surface area contributed by atoms with Crippen LogP contribution in [0.4, 0.5) is 0 Å². The van der Waals surface area contributed by atoms with Crippen LogP contribution in [-0.2, 0) is 0 Å². The average molecular weight is 300 g/mol. The normalized spacial score (nSPS) is 17.5. The quantitative estimate of drug-likeness (QED) is 0.905. The van der Waals surface area contributed by atoms with E-state index in [1.54, 1.807) is 18.2 Å². The van der Waals surface area contributed by atoms with Crippen LogP contribution in [0.25, 0.3) is 0 Å². The zero-order chi connectivity index (χ0) is 14.4. The molecule has 2 aliphatic carbocycles. The van der Waals surface area contributed by atoms with E-state index in [1.807, 2.05) is 0 Å². The number of aromatic amines is 1. The molecule has 0 atom stereocenters. The summed E-state index contributed by atoms with van der Waals surface area (Å²) in [5, 5.41) is 17.0. The highest BCUT2D eigenvalue weighted by molar-refractivity contribution is 6.31. The van der Waals surface area contributed by atoms with Gasteiger partial charge in [-0.05, 0) is 37.8 Å². The number of benzene rings is 1. The molecule has 2 aromatic rings. The first-order valence-electron chi connectivity index (χ1n) is 7.22. The van der Waals surface area contributed by atoms with Gasteiger partial charge in [0.25, 0.3) is 0 Å². The smallest absolute Gasteiger partial charge is 0.171 e. The molecule has 21 heavy (non-hydrogen) atoms. The van der Waals surface area contributed by atoms with E-state index in [1.165, 1.54) is 25.7 Å². The lowest BCUT2D eigenvalue weighted by Gasteiger charge is -2.08. The Morgan fingerprint density at radius 3 is 2.62 bits per heavy atom. The van der Waals surface area contributed by atoms with Crippen LogP contribution in [0.5, 0.6) is 11.5 Å². The first-order chi connectivity index (χ1) is 10.3. The molecule has 2 saturated carbocycles. The molecular formula is C16H14ClN3O. The molecule has 0 radical (unpaired) electrons. The van der Waals surface area contributed by atoms with Crippen LogP contribution in [0.15, 0.2) is 18.2 Å². The Morgan fingerprint density at radius 2 is 2.00 bits per heavy atom. The molecule has 0 aliphatic heterocycles. The molecule has 1 aromatic carbocycles. The van der Waals surface area contributed by atoms with Crippen LogP contribution >= 0.6 is 11.6 Å². The van der Waals surface area contributed by atoms with Gasteiger partial charge in [0, 0.05) is 17.9 Å². The van der Waals surface area contributed by atoms with Crippen molar-refractivity contribution in [3.63, 3.8) is 0 Å². The number of nitriles is 1. The van der Waals surface area contributed by atoms with Crippen LogP contribution < -0.4 is 4.74 Å². The summed E-state index contributed by atoms with van der Waals surface area (Å²) < 4.78 is 6.08. The lowest BCUT2D eigenvalue weighted by atomic mass is 10.2. The van der Waals surface area contributed by atoms with Crippen molar-refractivity contribution in [2.45, 2.75) is 37.5 Å². The number of aromatic nitrogens is 2. The molecule has 1 N–H and O–H groups in total. The van der Waals surface area contributed by atoms with Gasteiger partial charge in [-0.15, -0.1) is 0 Å². The fourth-order valence-corrected chi connectivity index (χ4v) is 2.73. The van der Waals surface area contributed by atoms with Gasteiger partial charge in [0.05, 0.1) is 16.3 Å². The highest BCUT2D eigenvalue weighted by Gasteiger charge is 2.36. The van der Waals surface area contributed by atoms with Crippen molar-refractivity contribution >= 4 is 11.6 Å². The van der Waals surface area contributed by atoms with E-state index in [4.69, 9.17) is 21.6 Å². The van der Waals surface area contributed by atoms with Crippen LogP contribution in [0.3, 0.4) is 0 Å². The summed E-state index contributed by atoms with van der Waals surface area (Å²) in [5.74, 6) is 2.61. The SMILES string of the molecule is N#Cc1ccc(Oc2c(C3CC3)n[nH]c2C2CC2)cc1Cl. The standard InChI is InChI=1S/C16H14ClN3O/c17-13-7-12(6-5-11(13)8-18)21-16-14(9-1-2-9)19-20-15(16)10-3-4-10/h5-7,9-10H,1-4H2,(H,19,20). The summed E-state index contributed by atoms with van der Waals surface area (Å²) in [4.78, 5) is 0. The van der Waals surface area contributed by atoms with Gasteiger partial charge >= 0.3 is 0 Å². The van der Waals surface area contributed by atoms with E-state index in [9.17, 15) is 0 Å². The number of ether oxygens (including phenoxy) is 1. The summed E-state index contributed by atoms with van der Waals surface area (Å²) in [6.45, 7) is 0. The Hall–Kier alpha value is -1.99. The number of rotatable bonds is 4. The van der Waals surface area contributed by atoms with Gasteiger partial charge in [-0.3, -0.25) is 5.10 Å². The predicted octanol–water partition coefficient (Wildman–Crippen LogP) is 4.48. The summed E-state index contributed by atoms with van der Waals surface area (Å²) >= 11 is 6.07. The van der Waals surface area contributed by atoms with E-state index in [-0.39, 0.29) is 0 Å². The highest BCUT2D eigenvalue weighted by atomic mass is 35.5. The predicted molar refractivity (Wildman–Crippen MR) is 78.8 cm³/mol. The Kier molecular flexibility index (Phi) is 2.90. The third-order valence-corrected chi connectivity index (χ3v) is 4.32. The van der Waals surface area contributed by atoms with Crippen LogP contribution in [0.1, 0.15) is 54.5 Å². The van der Waals surface area contributed by atoms with E-state index < -0.39 is 0 Å². The largest absolute Gasteiger partial charge is 0.453 e. The minimum absolute atomic E-state index is 0.416. The molecule has 4 rings (SSSR count). The third kappa shape index (κ3) is 2.38. The highest BCUT2D eigenvalue weighted by Crippen LogP contribution is 2.50. The molecule has 2 aliphatic rings. The number of nitrogens with one attached hydrogen (secondary N) is 1. The van der Waals surface area contributed by atoms with Crippen molar-refractivity contribution in [2.24, 2.45) is 0 Å². The molecule has 0 saturated heterocycles. The van der Waals surface area contributed by atoms with Gasteiger partial charge in [0.1, 0.15) is 17.5 Å². The zero-order valence-corrected chi connectivity index (χ0v) is 12.2. The fraction of sp³-hybridized carbons (Fsp3) is 0.375. The second-order valence-electron chi connectivity index (χ2n) is 5.76. The first kappa shape index (κ1) is 12.7. The van der Waals surface area contributed by atoms with Crippen molar-refractivity contribution < 1.29 is 4.74 Å². The maximum atomic E-state index is 8.93. The number of nitrogens with zero attached hydrogens (tertiary/aromatic N) is 2. The Morgan fingerprint density at radius 1 is 1.24 bits per heavy atom. The summed E-state index contributed by atoms with van der Waals surface area (Å²) in [5.41, 5.74) is 2.61. The molecule has 1 aromatic heterocycles. The van der Waals surface area contributed by atoms with E-state index >= 15 is 0 Å². The van der Waals surface area contributed by atoms with Crippen LogP contribution in [-0.4, -0.2) is 10.2 Å². The summed E-state index contributed by atoms with van der Waals surface area (Å²) in [6, 6.07) is 7.22. The lowest BCUT2D eigenvalue weighted by molar-refractivity contribution is 0.470. The number of hydrogen-bond acceptors (Lipinski definition) is 3. The van der Waals surface area contributed by atoms with Gasteiger partial charge in [-0.1, -0.05) is 11.6 Å². The Bertz CT molecular complexity index is 709. The molecule has 4 nitrogen and oxygen atoms in total.